The van der Waals surface area contributed by atoms with Crippen LogP contribution in [0.4, 0.5) is 4.39 Å². The lowest BCUT2D eigenvalue weighted by atomic mass is 10.2. The summed E-state index contributed by atoms with van der Waals surface area (Å²) in [6, 6.07) is 5.67. The highest BCUT2D eigenvalue weighted by Gasteiger charge is 2.21. The van der Waals surface area contributed by atoms with E-state index in [0.717, 1.165) is 0 Å². The Hall–Kier alpha value is -2.44. The molecule has 0 aliphatic carbocycles. The van der Waals surface area contributed by atoms with E-state index in [1.54, 1.807) is 6.07 Å². The van der Waals surface area contributed by atoms with E-state index in [1.165, 1.54) is 41.9 Å². The van der Waals surface area contributed by atoms with Gasteiger partial charge in [0.05, 0.1) is 10.8 Å². The maximum Gasteiger partial charge on any atom is 0.257 e. The van der Waals surface area contributed by atoms with Gasteiger partial charge in [0.15, 0.2) is 13.0 Å². The van der Waals surface area contributed by atoms with Gasteiger partial charge in [-0.05, 0) is 12.1 Å². The van der Waals surface area contributed by atoms with Crippen molar-refractivity contribution in [3.8, 4) is 5.95 Å². The smallest absolute Gasteiger partial charge is 0.257 e. The summed E-state index contributed by atoms with van der Waals surface area (Å²) >= 11 is 0. The van der Waals surface area contributed by atoms with E-state index in [2.05, 4.69) is 9.79 Å². The minimum atomic E-state index is -0.615. The summed E-state index contributed by atoms with van der Waals surface area (Å²) in [4.78, 5) is 13.3. The summed E-state index contributed by atoms with van der Waals surface area (Å²) in [5.74, 6) is -1.73. The number of halogens is 1. The lowest BCUT2D eigenvalue weighted by molar-refractivity contribution is -0.746. The highest BCUT2D eigenvalue weighted by molar-refractivity contribution is 5.94. The Bertz CT molecular complexity index is 593. The van der Waals surface area contributed by atoms with Crippen LogP contribution in [0.1, 0.15) is 16.1 Å². The van der Waals surface area contributed by atoms with E-state index in [1.807, 2.05) is 0 Å². The molecule has 0 aliphatic rings. The summed E-state index contributed by atoms with van der Waals surface area (Å²) in [5.41, 5.74) is 0.170. The number of carbonyl (C=O) groups is 1. The van der Waals surface area contributed by atoms with Gasteiger partial charge in [0.25, 0.3) is 11.6 Å². The van der Waals surface area contributed by atoms with Gasteiger partial charge in [-0.3, -0.25) is 4.79 Å². The molecule has 19 heavy (non-hydrogen) atoms. The minimum Gasteiger partial charge on any atom is -0.539 e. The number of hydrogen-bond acceptors (Lipinski definition) is 4. The van der Waals surface area contributed by atoms with Crippen LogP contribution >= 0.6 is 0 Å². The van der Waals surface area contributed by atoms with E-state index in [-0.39, 0.29) is 17.8 Å². The van der Waals surface area contributed by atoms with Crippen LogP contribution in [-0.4, -0.2) is 23.1 Å². The van der Waals surface area contributed by atoms with Gasteiger partial charge in [-0.2, -0.15) is 0 Å². The minimum absolute atomic E-state index is 0.00794. The van der Waals surface area contributed by atoms with Gasteiger partial charge in [-0.15, -0.1) is 0 Å². The third-order valence-corrected chi connectivity index (χ3v) is 2.71. The van der Waals surface area contributed by atoms with E-state index in [9.17, 15) is 14.3 Å². The second-order valence-electron chi connectivity index (χ2n) is 4.07. The molecule has 0 N–H and O–H groups in total. The topological polar surface area (TPSA) is 73.3 Å². The van der Waals surface area contributed by atoms with Gasteiger partial charge in [0.2, 0.25) is 0 Å². The third kappa shape index (κ3) is 2.54. The Morgan fingerprint density at radius 3 is 2.79 bits per heavy atom. The van der Waals surface area contributed by atoms with E-state index >= 15 is 0 Å². The molecule has 0 saturated carbocycles. The summed E-state index contributed by atoms with van der Waals surface area (Å²) < 4.78 is 19.2. The first-order valence-corrected chi connectivity index (χ1v) is 5.52. The molecule has 6 nitrogen and oxygen atoms in total. The van der Waals surface area contributed by atoms with Gasteiger partial charge >= 0.3 is 0 Å². The molecule has 0 fully saturated rings. The zero-order valence-corrected chi connectivity index (χ0v) is 10.5. The fourth-order valence-electron chi connectivity index (χ4n) is 1.64. The second kappa shape index (κ2) is 5.05. The average Bonchev–Trinajstić information content (AvgIpc) is 2.70. The van der Waals surface area contributed by atoms with Crippen molar-refractivity contribution >= 4 is 5.91 Å². The number of aromatic nitrogens is 2. The van der Waals surface area contributed by atoms with Crippen molar-refractivity contribution in [3.05, 3.63) is 41.3 Å². The predicted octanol–water partition coefficient (Wildman–Crippen LogP) is -0.0160. The lowest BCUT2D eigenvalue weighted by Crippen LogP contribution is -2.39. The number of aryl methyl sites for hydroxylation is 1. The standard InChI is InChI=1S/C12H12FN3O3/c1-15(7-10-12(18)19-14-16(10)2)11(17)8-5-3-4-6-9(8)13/h3-6H,7H2,1-2H3. The molecular weight excluding hydrogens is 253 g/mol. The largest absolute Gasteiger partial charge is 0.539 e. The normalized spacial score (nSPS) is 10.5. The highest BCUT2D eigenvalue weighted by atomic mass is 19.1. The Labute approximate surface area is 108 Å². The van der Waals surface area contributed by atoms with Crippen LogP contribution in [0.25, 0.3) is 0 Å². The monoisotopic (exact) mass is 265 g/mol. The first-order valence-electron chi connectivity index (χ1n) is 5.52. The summed E-state index contributed by atoms with van der Waals surface area (Å²) in [5, 5.41) is 14.8. The molecule has 100 valence electrons. The van der Waals surface area contributed by atoms with Gasteiger partial charge < -0.3 is 14.5 Å². The van der Waals surface area contributed by atoms with E-state index in [0.29, 0.717) is 0 Å². The van der Waals surface area contributed by atoms with Crippen LogP contribution < -0.4 is 9.79 Å². The van der Waals surface area contributed by atoms with Crippen LogP contribution in [0.2, 0.25) is 0 Å². The van der Waals surface area contributed by atoms with Crippen LogP contribution in [0, 0.1) is 5.82 Å². The van der Waals surface area contributed by atoms with Gasteiger partial charge in [0.1, 0.15) is 12.4 Å². The first kappa shape index (κ1) is 13.0. The second-order valence-corrected chi connectivity index (χ2v) is 4.07. The quantitative estimate of drug-likeness (QED) is 0.731. The van der Waals surface area contributed by atoms with Crippen LogP contribution in [0.5, 0.6) is 5.95 Å². The molecule has 1 amide bonds. The zero-order chi connectivity index (χ0) is 14.0. The number of amides is 1. The Morgan fingerprint density at radius 2 is 2.21 bits per heavy atom. The Morgan fingerprint density at radius 1 is 1.53 bits per heavy atom. The maximum absolute atomic E-state index is 13.5. The predicted molar refractivity (Wildman–Crippen MR) is 59.3 cm³/mol. The lowest BCUT2D eigenvalue weighted by Gasteiger charge is -2.15. The summed E-state index contributed by atoms with van der Waals surface area (Å²) in [6.45, 7) is -0.00794. The first-order chi connectivity index (χ1) is 9.00. The molecule has 0 bridgehead atoms. The molecule has 0 unspecified atom stereocenters. The molecular formula is C12H12FN3O3. The molecule has 0 spiro atoms. The van der Waals surface area contributed by atoms with Crippen molar-refractivity contribution in [2.24, 2.45) is 7.05 Å². The van der Waals surface area contributed by atoms with E-state index in [4.69, 9.17) is 0 Å². The molecule has 0 aliphatic heterocycles. The van der Waals surface area contributed by atoms with Crippen molar-refractivity contribution in [2.75, 3.05) is 7.05 Å². The average molecular weight is 265 g/mol. The van der Waals surface area contributed by atoms with Gasteiger partial charge in [0, 0.05) is 7.05 Å². The highest BCUT2D eigenvalue weighted by Crippen LogP contribution is 2.13. The molecule has 1 heterocycles. The Balaban J connectivity index is 2.19. The third-order valence-electron chi connectivity index (χ3n) is 2.71. The molecule has 1 aromatic carbocycles. The molecule has 0 saturated heterocycles. The molecule has 2 rings (SSSR count). The number of carbonyl (C=O) groups excluding carboxylic acids is 1. The molecule has 7 heteroatoms. The molecule has 1 aromatic heterocycles. The van der Waals surface area contributed by atoms with Gasteiger partial charge in [-0.25, -0.2) is 4.39 Å². The van der Waals surface area contributed by atoms with Crippen molar-refractivity contribution in [1.29, 1.82) is 0 Å². The number of hydrogen-bond donors (Lipinski definition) is 0. The fraction of sp³-hybridized carbons (Fsp3) is 0.250. The van der Waals surface area contributed by atoms with Crippen LogP contribution in [0.3, 0.4) is 0 Å². The number of rotatable bonds is 3. The number of nitrogens with zero attached hydrogens (tertiary/aromatic N) is 3. The SMILES string of the molecule is CN(Cc1c([O-])on[n+]1C)C(=O)c1ccccc1F. The van der Waals surface area contributed by atoms with E-state index < -0.39 is 17.7 Å². The van der Waals surface area contributed by atoms with Crippen LogP contribution in [0.15, 0.2) is 28.8 Å². The fourth-order valence-corrected chi connectivity index (χ4v) is 1.64. The van der Waals surface area contributed by atoms with Crippen molar-refractivity contribution in [3.63, 3.8) is 0 Å². The Kier molecular flexibility index (Phi) is 3.46. The van der Waals surface area contributed by atoms with Crippen molar-refractivity contribution < 1.29 is 23.5 Å². The molecule has 0 radical (unpaired) electrons. The molecule has 0 atom stereocenters. The van der Waals surface area contributed by atoms with Crippen molar-refractivity contribution in [2.45, 2.75) is 6.54 Å². The molecule has 2 aromatic rings. The van der Waals surface area contributed by atoms with Gasteiger partial charge in [-0.1, -0.05) is 16.8 Å². The number of benzene rings is 1. The van der Waals surface area contributed by atoms with Crippen molar-refractivity contribution in [1.82, 2.24) is 10.2 Å². The zero-order valence-electron chi connectivity index (χ0n) is 10.5. The maximum atomic E-state index is 13.5. The summed E-state index contributed by atoms with van der Waals surface area (Å²) in [7, 11) is 3.00. The summed E-state index contributed by atoms with van der Waals surface area (Å²) in [6.07, 6.45) is 0. The van der Waals surface area contributed by atoms with Crippen LogP contribution in [-0.2, 0) is 13.6 Å².